The summed E-state index contributed by atoms with van der Waals surface area (Å²) in [6, 6.07) is 0. The zero-order valence-electron chi connectivity index (χ0n) is 15.5. The van der Waals surface area contributed by atoms with Crippen molar-refractivity contribution in [2.45, 2.75) is 37.7 Å². The zero-order valence-corrected chi connectivity index (χ0v) is 16.3. The highest BCUT2D eigenvalue weighted by molar-refractivity contribution is 8.00. The molecule has 0 unspecified atom stereocenters. The minimum Gasteiger partial charge on any atom is -0.383 e. The van der Waals surface area contributed by atoms with Crippen molar-refractivity contribution in [3.8, 4) is 0 Å². The Labute approximate surface area is 153 Å². The number of nitrogens with zero attached hydrogens (tertiary/aromatic N) is 4. The van der Waals surface area contributed by atoms with E-state index in [-0.39, 0.29) is 11.2 Å². The van der Waals surface area contributed by atoms with Gasteiger partial charge in [0.1, 0.15) is 0 Å². The molecule has 2 heterocycles. The number of thioether (sulfide) groups is 1. The predicted molar refractivity (Wildman–Crippen MR) is 98.1 cm³/mol. The summed E-state index contributed by atoms with van der Waals surface area (Å²) in [6.07, 6.45) is 0. The Morgan fingerprint density at radius 3 is 2.68 bits per heavy atom. The van der Waals surface area contributed by atoms with Crippen molar-refractivity contribution in [3.05, 3.63) is 0 Å². The van der Waals surface area contributed by atoms with Crippen LogP contribution in [-0.2, 0) is 20.8 Å². The van der Waals surface area contributed by atoms with Crippen LogP contribution in [0.25, 0.3) is 0 Å². The number of nitrogens with one attached hydrogen (secondary N) is 1. The third kappa shape index (κ3) is 5.86. The average Bonchev–Trinajstić information content (AvgIpc) is 2.97. The van der Waals surface area contributed by atoms with Crippen molar-refractivity contribution >= 4 is 23.6 Å². The summed E-state index contributed by atoms with van der Waals surface area (Å²) >= 11 is 1.44. The number of aromatic nitrogens is 3. The lowest BCUT2D eigenvalue weighted by molar-refractivity contribution is -0.120. The lowest BCUT2D eigenvalue weighted by Crippen LogP contribution is -2.38. The summed E-state index contributed by atoms with van der Waals surface area (Å²) in [7, 11) is 1.62. The van der Waals surface area contributed by atoms with Crippen LogP contribution in [0.3, 0.4) is 0 Å². The van der Waals surface area contributed by atoms with Crippen LogP contribution in [0.2, 0.25) is 0 Å². The van der Waals surface area contributed by atoms with E-state index in [4.69, 9.17) is 9.47 Å². The molecule has 8 nitrogen and oxygen atoms in total. The molecule has 1 aliphatic rings. The number of carbonyl (C=O) groups excluding carboxylic acids is 1. The maximum Gasteiger partial charge on any atom is 0.233 e. The molecule has 1 aromatic rings. The number of hydrogen-bond donors (Lipinski definition) is 1. The van der Waals surface area contributed by atoms with Crippen molar-refractivity contribution in [1.29, 1.82) is 0 Å². The highest BCUT2D eigenvalue weighted by atomic mass is 32.2. The van der Waals surface area contributed by atoms with Gasteiger partial charge in [-0.2, -0.15) is 0 Å². The Bertz CT molecular complexity index is 546. The minimum absolute atomic E-state index is 0.0194. The van der Waals surface area contributed by atoms with Crippen molar-refractivity contribution in [3.63, 3.8) is 0 Å². The number of rotatable bonds is 9. The van der Waals surface area contributed by atoms with Crippen LogP contribution >= 0.6 is 11.8 Å². The molecule has 0 radical (unpaired) electrons. The van der Waals surface area contributed by atoms with E-state index in [0.29, 0.717) is 32.3 Å². The number of carbonyl (C=O) groups is 1. The first-order chi connectivity index (χ1) is 12.0. The maximum absolute atomic E-state index is 12.2. The van der Waals surface area contributed by atoms with Crippen LogP contribution in [0, 0.1) is 5.92 Å². The van der Waals surface area contributed by atoms with E-state index >= 15 is 0 Å². The van der Waals surface area contributed by atoms with Gasteiger partial charge in [0.05, 0.1) is 25.1 Å². The lowest BCUT2D eigenvalue weighted by atomic mass is 10.2. The lowest BCUT2D eigenvalue weighted by Gasteiger charge is -2.28. The first-order valence-corrected chi connectivity index (χ1v) is 9.60. The van der Waals surface area contributed by atoms with Crippen LogP contribution < -0.4 is 10.2 Å². The molecule has 142 valence electrons. The molecule has 0 bridgehead atoms. The number of anilines is 1. The molecular weight excluding hydrogens is 342 g/mol. The number of hydrogen-bond acceptors (Lipinski definition) is 7. The Morgan fingerprint density at radius 2 is 2.04 bits per heavy atom. The maximum atomic E-state index is 12.2. The van der Waals surface area contributed by atoms with Crippen molar-refractivity contribution in [2.24, 2.45) is 5.92 Å². The van der Waals surface area contributed by atoms with Gasteiger partial charge in [-0.1, -0.05) is 25.6 Å². The molecule has 1 aliphatic heterocycles. The van der Waals surface area contributed by atoms with Gasteiger partial charge in [0.25, 0.3) is 0 Å². The van der Waals surface area contributed by atoms with Crippen molar-refractivity contribution < 1.29 is 14.3 Å². The molecule has 2 rings (SSSR count). The van der Waals surface area contributed by atoms with Gasteiger partial charge in [0, 0.05) is 33.3 Å². The van der Waals surface area contributed by atoms with E-state index in [9.17, 15) is 4.79 Å². The smallest absolute Gasteiger partial charge is 0.233 e. The number of amides is 1. The Balaban J connectivity index is 2.08. The van der Waals surface area contributed by atoms with E-state index < -0.39 is 0 Å². The molecule has 0 aliphatic carbocycles. The van der Waals surface area contributed by atoms with Gasteiger partial charge in [-0.05, 0) is 12.8 Å². The molecule has 0 saturated carbocycles. The highest BCUT2D eigenvalue weighted by Crippen LogP contribution is 2.27. The van der Waals surface area contributed by atoms with Crippen LogP contribution in [0.4, 0.5) is 5.95 Å². The van der Waals surface area contributed by atoms with Crippen LogP contribution in [0.1, 0.15) is 20.8 Å². The summed E-state index contributed by atoms with van der Waals surface area (Å²) in [5, 5.41) is 12.1. The Morgan fingerprint density at radius 1 is 1.32 bits per heavy atom. The Hall–Kier alpha value is -1.32. The van der Waals surface area contributed by atoms with E-state index in [1.54, 1.807) is 7.11 Å². The topological polar surface area (TPSA) is 81.5 Å². The second-order valence-corrected chi connectivity index (χ2v) is 7.74. The van der Waals surface area contributed by atoms with Crippen molar-refractivity contribution in [2.75, 3.05) is 51.5 Å². The monoisotopic (exact) mass is 371 g/mol. The molecule has 1 aromatic heterocycles. The summed E-state index contributed by atoms with van der Waals surface area (Å²) in [5.74, 6) is 1.31. The van der Waals surface area contributed by atoms with Gasteiger partial charge in [-0.25, -0.2) is 0 Å². The molecule has 1 atom stereocenters. The van der Waals surface area contributed by atoms with E-state index in [1.807, 2.05) is 6.92 Å². The fraction of sp³-hybridized carbons (Fsp3) is 0.812. The van der Waals surface area contributed by atoms with Gasteiger partial charge in [0.2, 0.25) is 11.9 Å². The molecule has 0 aromatic carbocycles. The van der Waals surface area contributed by atoms with E-state index in [0.717, 1.165) is 30.7 Å². The normalized spacial score (nSPS) is 16.3. The van der Waals surface area contributed by atoms with Crippen LogP contribution in [0.5, 0.6) is 0 Å². The number of ether oxygens (including phenoxy) is 2. The quantitative estimate of drug-likeness (QED) is 0.512. The summed E-state index contributed by atoms with van der Waals surface area (Å²) in [6.45, 7) is 11.1. The predicted octanol–water partition coefficient (Wildman–Crippen LogP) is 1.01. The SMILES string of the molecule is COCCNC(=O)[C@H](C)Sc1nnc(N2CCOCC2)n1CC(C)C. The van der Waals surface area contributed by atoms with Gasteiger partial charge in [0.15, 0.2) is 5.16 Å². The second-order valence-electron chi connectivity index (χ2n) is 6.43. The Kier molecular flexibility index (Phi) is 7.98. The fourth-order valence-corrected chi connectivity index (χ4v) is 3.40. The molecule has 1 saturated heterocycles. The first-order valence-electron chi connectivity index (χ1n) is 8.72. The third-order valence-electron chi connectivity index (χ3n) is 3.80. The third-order valence-corrected chi connectivity index (χ3v) is 4.88. The van der Waals surface area contributed by atoms with E-state index in [2.05, 4.69) is 38.8 Å². The molecule has 25 heavy (non-hydrogen) atoms. The molecule has 9 heteroatoms. The summed E-state index contributed by atoms with van der Waals surface area (Å²) < 4.78 is 12.5. The van der Waals surface area contributed by atoms with Crippen molar-refractivity contribution in [1.82, 2.24) is 20.1 Å². The molecule has 1 amide bonds. The number of morpholine rings is 1. The van der Waals surface area contributed by atoms with Gasteiger partial charge >= 0.3 is 0 Å². The summed E-state index contributed by atoms with van der Waals surface area (Å²) in [5.41, 5.74) is 0. The standard InChI is InChI=1S/C16H29N5O3S/c1-12(2)11-21-15(20-6-9-24-10-7-20)18-19-16(21)25-13(3)14(22)17-5-8-23-4/h12-13H,5-11H2,1-4H3,(H,17,22)/t13-/m0/s1. The first kappa shape index (κ1) is 20.0. The van der Waals surface area contributed by atoms with Gasteiger partial charge in [-0.3, -0.25) is 9.36 Å². The number of methoxy groups -OCH3 is 1. The van der Waals surface area contributed by atoms with Crippen LogP contribution in [0.15, 0.2) is 5.16 Å². The second kappa shape index (κ2) is 9.98. The van der Waals surface area contributed by atoms with E-state index in [1.165, 1.54) is 11.8 Å². The zero-order chi connectivity index (χ0) is 18.2. The molecular formula is C16H29N5O3S. The largest absolute Gasteiger partial charge is 0.383 e. The fourth-order valence-electron chi connectivity index (χ4n) is 2.52. The molecule has 1 N–H and O–H groups in total. The molecule has 0 spiro atoms. The highest BCUT2D eigenvalue weighted by Gasteiger charge is 2.24. The van der Waals surface area contributed by atoms with Crippen LogP contribution in [-0.4, -0.2) is 72.5 Å². The minimum atomic E-state index is -0.246. The average molecular weight is 372 g/mol. The van der Waals surface area contributed by atoms with Gasteiger partial charge < -0.3 is 19.7 Å². The molecule has 1 fully saturated rings. The van der Waals surface area contributed by atoms with Gasteiger partial charge in [-0.15, -0.1) is 10.2 Å². The summed E-state index contributed by atoms with van der Waals surface area (Å²) in [4.78, 5) is 14.4.